The first kappa shape index (κ1) is 15.8. The minimum absolute atomic E-state index is 0.0808. The van der Waals surface area contributed by atoms with Crippen molar-refractivity contribution in [1.82, 2.24) is 4.90 Å². The van der Waals surface area contributed by atoms with Crippen LogP contribution < -0.4 is 5.73 Å². The Morgan fingerprint density at radius 3 is 2.84 bits per heavy atom. The average Bonchev–Trinajstić information content (AvgIpc) is 2.39. The van der Waals surface area contributed by atoms with Crippen molar-refractivity contribution in [2.75, 3.05) is 7.05 Å². The molecule has 0 bridgehead atoms. The Balaban J connectivity index is 2.90. The van der Waals surface area contributed by atoms with Gasteiger partial charge in [-0.15, -0.1) is 0 Å². The van der Waals surface area contributed by atoms with Crippen molar-refractivity contribution >= 4 is 39.3 Å². The zero-order chi connectivity index (χ0) is 14.6. The van der Waals surface area contributed by atoms with Gasteiger partial charge in [0.2, 0.25) is 0 Å². The van der Waals surface area contributed by atoms with Crippen molar-refractivity contribution in [2.24, 2.45) is 10.9 Å². The maximum absolute atomic E-state index is 12.3. The second-order valence-electron chi connectivity index (χ2n) is 4.18. The summed E-state index contributed by atoms with van der Waals surface area (Å²) in [5.41, 5.74) is 5.91. The summed E-state index contributed by atoms with van der Waals surface area (Å²) in [6, 6.07) is 4.81. The molecular formula is C12H15BrClN3O2. The molecule has 19 heavy (non-hydrogen) atoms. The van der Waals surface area contributed by atoms with E-state index in [9.17, 15) is 4.79 Å². The molecule has 104 valence electrons. The van der Waals surface area contributed by atoms with Gasteiger partial charge in [-0.3, -0.25) is 4.79 Å². The fraction of sp³-hybridized carbons (Fsp3) is 0.333. The van der Waals surface area contributed by atoms with Crippen molar-refractivity contribution in [3.63, 3.8) is 0 Å². The second-order valence-corrected chi connectivity index (χ2v) is 5.48. The number of amides is 1. The third-order valence-electron chi connectivity index (χ3n) is 2.77. The Hall–Kier alpha value is -1.27. The molecule has 0 saturated carbocycles. The Morgan fingerprint density at radius 2 is 2.26 bits per heavy atom. The predicted octanol–water partition coefficient (Wildman–Crippen LogP) is 2.70. The largest absolute Gasteiger partial charge is 0.409 e. The zero-order valence-electron chi connectivity index (χ0n) is 10.6. The van der Waals surface area contributed by atoms with Crippen LogP contribution in [0.2, 0.25) is 5.02 Å². The molecule has 7 heteroatoms. The van der Waals surface area contributed by atoms with Crippen LogP contribution in [-0.2, 0) is 0 Å². The maximum atomic E-state index is 12.3. The number of rotatable bonds is 4. The lowest BCUT2D eigenvalue weighted by Crippen LogP contribution is -2.38. The summed E-state index contributed by atoms with van der Waals surface area (Å²) in [6.45, 7) is 1.81. The fourth-order valence-corrected chi connectivity index (χ4v) is 2.12. The number of amidine groups is 1. The number of halogens is 2. The minimum Gasteiger partial charge on any atom is -0.409 e. The maximum Gasteiger partial charge on any atom is 0.255 e. The number of oxime groups is 1. The molecule has 1 aromatic carbocycles. The molecule has 0 aliphatic rings. The van der Waals surface area contributed by atoms with Crippen molar-refractivity contribution in [2.45, 2.75) is 19.4 Å². The van der Waals surface area contributed by atoms with Crippen LogP contribution in [0.3, 0.4) is 0 Å². The van der Waals surface area contributed by atoms with Gasteiger partial charge in [-0.2, -0.15) is 0 Å². The highest BCUT2D eigenvalue weighted by molar-refractivity contribution is 9.10. The lowest BCUT2D eigenvalue weighted by Gasteiger charge is -2.25. The molecule has 5 nitrogen and oxygen atoms in total. The van der Waals surface area contributed by atoms with E-state index in [0.29, 0.717) is 15.1 Å². The van der Waals surface area contributed by atoms with Gasteiger partial charge in [0.15, 0.2) is 0 Å². The van der Waals surface area contributed by atoms with Gasteiger partial charge < -0.3 is 15.8 Å². The van der Waals surface area contributed by atoms with Gasteiger partial charge in [0.05, 0.1) is 5.56 Å². The monoisotopic (exact) mass is 347 g/mol. The van der Waals surface area contributed by atoms with Crippen LogP contribution in [-0.4, -0.2) is 34.9 Å². The van der Waals surface area contributed by atoms with Crippen LogP contribution in [0.1, 0.15) is 23.7 Å². The van der Waals surface area contributed by atoms with Crippen LogP contribution in [0.5, 0.6) is 0 Å². The molecule has 3 N–H and O–H groups in total. The number of carbonyl (C=O) groups excluding carboxylic acids is 1. The molecule has 0 saturated heterocycles. The van der Waals surface area contributed by atoms with Crippen molar-refractivity contribution in [1.29, 1.82) is 0 Å². The SMILES string of the molecule is CC(C/C(N)=N/O)N(C)C(=O)c1cc(Cl)ccc1Br. The van der Waals surface area contributed by atoms with Gasteiger partial charge >= 0.3 is 0 Å². The summed E-state index contributed by atoms with van der Waals surface area (Å²) in [5.74, 6) is -0.107. The summed E-state index contributed by atoms with van der Waals surface area (Å²) >= 11 is 9.21. The van der Waals surface area contributed by atoms with Crippen LogP contribution in [0.25, 0.3) is 0 Å². The lowest BCUT2D eigenvalue weighted by atomic mass is 10.1. The van der Waals surface area contributed by atoms with Gasteiger partial charge in [0, 0.05) is 29.0 Å². The molecule has 1 aromatic rings. The first-order valence-corrected chi connectivity index (χ1v) is 6.72. The predicted molar refractivity (Wildman–Crippen MR) is 78.7 cm³/mol. The fourth-order valence-electron chi connectivity index (χ4n) is 1.53. The van der Waals surface area contributed by atoms with Gasteiger partial charge in [-0.25, -0.2) is 0 Å². The number of nitrogens with two attached hydrogens (primary N) is 1. The average molecular weight is 349 g/mol. The molecule has 0 aliphatic carbocycles. The van der Waals surface area contributed by atoms with E-state index in [0.717, 1.165) is 0 Å². The number of carbonyl (C=O) groups is 1. The van der Waals surface area contributed by atoms with Crippen LogP contribution in [0.15, 0.2) is 27.8 Å². The van der Waals surface area contributed by atoms with E-state index in [1.807, 2.05) is 6.92 Å². The van der Waals surface area contributed by atoms with Gasteiger partial charge in [-0.1, -0.05) is 16.8 Å². The Morgan fingerprint density at radius 1 is 1.63 bits per heavy atom. The van der Waals surface area contributed by atoms with Crippen LogP contribution >= 0.6 is 27.5 Å². The first-order valence-electron chi connectivity index (χ1n) is 5.55. The molecule has 0 aliphatic heterocycles. The molecule has 0 heterocycles. The normalized spacial score (nSPS) is 13.2. The lowest BCUT2D eigenvalue weighted by molar-refractivity contribution is 0.0746. The molecule has 1 amide bonds. The van der Waals surface area contributed by atoms with E-state index >= 15 is 0 Å². The van der Waals surface area contributed by atoms with Crippen molar-refractivity contribution in [3.05, 3.63) is 33.3 Å². The molecule has 0 fully saturated rings. The van der Waals surface area contributed by atoms with E-state index in [2.05, 4.69) is 21.1 Å². The van der Waals surface area contributed by atoms with E-state index in [1.165, 1.54) is 4.90 Å². The summed E-state index contributed by atoms with van der Waals surface area (Å²) < 4.78 is 0.671. The van der Waals surface area contributed by atoms with Gasteiger partial charge in [0.1, 0.15) is 5.84 Å². The second kappa shape index (κ2) is 6.77. The Kier molecular flexibility index (Phi) is 5.62. The highest BCUT2D eigenvalue weighted by Crippen LogP contribution is 2.23. The molecule has 0 radical (unpaired) electrons. The highest BCUT2D eigenvalue weighted by Gasteiger charge is 2.20. The molecule has 1 atom stereocenters. The van der Waals surface area contributed by atoms with Crippen LogP contribution in [0, 0.1) is 0 Å². The van der Waals surface area contributed by atoms with E-state index in [1.54, 1.807) is 25.2 Å². The smallest absolute Gasteiger partial charge is 0.255 e. The van der Waals surface area contributed by atoms with E-state index in [4.69, 9.17) is 22.5 Å². The highest BCUT2D eigenvalue weighted by atomic mass is 79.9. The van der Waals surface area contributed by atoms with Gasteiger partial charge in [0.25, 0.3) is 5.91 Å². The summed E-state index contributed by atoms with van der Waals surface area (Å²) in [6.07, 6.45) is 0.289. The van der Waals surface area contributed by atoms with Crippen LogP contribution in [0.4, 0.5) is 0 Å². The summed E-state index contributed by atoms with van der Waals surface area (Å²) in [5, 5.41) is 11.9. The molecule has 0 spiro atoms. The molecule has 1 rings (SSSR count). The van der Waals surface area contributed by atoms with Crippen molar-refractivity contribution in [3.8, 4) is 0 Å². The number of benzene rings is 1. The number of hydrogen-bond acceptors (Lipinski definition) is 3. The van der Waals surface area contributed by atoms with E-state index < -0.39 is 0 Å². The number of nitrogens with zero attached hydrogens (tertiary/aromatic N) is 2. The van der Waals surface area contributed by atoms with Gasteiger partial charge in [-0.05, 0) is 41.1 Å². The molecular weight excluding hydrogens is 334 g/mol. The molecule has 1 unspecified atom stereocenters. The van der Waals surface area contributed by atoms with E-state index in [-0.39, 0.29) is 24.2 Å². The van der Waals surface area contributed by atoms with Crippen molar-refractivity contribution < 1.29 is 10.0 Å². The number of hydrogen-bond donors (Lipinski definition) is 2. The summed E-state index contributed by atoms with van der Waals surface area (Å²) in [7, 11) is 1.66. The third-order valence-corrected chi connectivity index (χ3v) is 3.70. The quantitative estimate of drug-likeness (QED) is 0.380. The molecule has 0 aromatic heterocycles. The topological polar surface area (TPSA) is 78.9 Å². The summed E-state index contributed by atoms with van der Waals surface area (Å²) in [4.78, 5) is 13.8. The minimum atomic E-state index is -0.200. The standard InChI is InChI=1S/C12H15BrClN3O2/c1-7(5-11(15)16-19)17(2)12(18)9-6-8(14)3-4-10(9)13/h3-4,6-7,19H,5H2,1-2H3,(H2,15,16). The Labute approximate surface area is 125 Å². The Bertz CT molecular complexity index is 508. The third kappa shape index (κ3) is 4.11. The first-order chi connectivity index (χ1) is 8.86. The zero-order valence-corrected chi connectivity index (χ0v) is 12.9.